The van der Waals surface area contributed by atoms with E-state index in [9.17, 15) is 28.1 Å². The van der Waals surface area contributed by atoms with Crippen molar-refractivity contribution in [2.75, 3.05) is 11.9 Å². The van der Waals surface area contributed by atoms with Gasteiger partial charge in [-0.25, -0.2) is 18.4 Å². The van der Waals surface area contributed by atoms with E-state index in [-0.39, 0.29) is 21.1 Å². The molecule has 10 nitrogen and oxygen atoms in total. The summed E-state index contributed by atoms with van der Waals surface area (Å²) in [6.07, 6.45) is 0. The monoisotopic (exact) mass is 399 g/mol. The Balaban J connectivity index is 2.00. The summed E-state index contributed by atoms with van der Waals surface area (Å²) >= 11 is 0.739. The first kappa shape index (κ1) is 19.5. The molecular weight excluding hydrogens is 386 g/mol. The van der Waals surface area contributed by atoms with Crippen molar-refractivity contribution in [2.24, 2.45) is 5.14 Å². The molecule has 0 bridgehead atoms. The Labute approximate surface area is 151 Å². The molecule has 26 heavy (non-hydrogen) atoms. The minimum Gasteiger partial charge on any atom is -0.452 e. The molecule has 0 aliphatic carbocycles. The molecule has 0 spiro atoms. The number of primary sulfonamides is 1. The number of anilines is 1. The zero-order valence-corrected chi connectivity index (χ0v) is 14.9. The molecule has 0 saturated heterocycles. The van der Waals surface area contributed by atoms with Crippen LogP contribution in [0.5, 0.6) is 0 Å². The van der Waals surface area contributed by atoms with E-state index in [4.69, 9.17) is 9.88 Å². The zero-order valence-electron chi connectivity index (χ0n) is 13.3. The summed E-state index contributed by atoms with van der Waals surface area (Å²) in [6.45, 7) is 0.960. The third-order valence-electron chi connectivity index (χ3n) is 3.05. The number of nitro benzene ring substituents is 1. The van der Waals surface area contributed by atoms with Crippen molar-refractivity contribution in [2.45, 2.75) is 11.1 Å². The molecule has 1 heterocycles. The molecule has 1 amide bonds. The van der Waals surface area contributed by atoms with Crippen LogP contribution >= 0.6 is 11.3 Å². The standard InChI is InChI=1S/C14H13N3O7S2/c1-8-2-3-10(11(4-8)17(20)21)16-12(18)6-24-14(19)9-5-13(25-7-9)26(15,22)23/h2-5,7H,6H2,1H3,(H,16,18)(H2,15,22,23). The van der Waals surface area contributed by atoms with Crippen molar-refractivity contribution >= 4 is 44.6 Å². The Morgan fingerprint density at radius 3 is 2.62 bits per heavy atom. The molecule has 12 heteroatoms. The van der Waals surface area contributed by atoms with Gasteiger partial charge in [0, 0.05) is 11.4 Å². The van der Waals surface area contributed by atoms with Crippen LogP contribution in [-0.2, 0) is 19.6 Å². The van der Waals surface area contributed by atoms with E-state index in [1.165, 1.54) is 17.5 Å². The number of nitrogens with two attached hydrogens (primary N) is 1. The summed E-state index contributed by atoms with van der Waals surface area (Å²) in [5, 5.41) is 19.5. The molecule has 1 aromatic heterocycles. The Hall–Kier alpha value is -2.83. The van der Waals surface area contributed by atoms with Gasteiger partial charge in [-0.15, -0.1) is 11.3 Å². The number of amides is 1. The van der Waals surface area contributed by atoms with E-state index in [2.05, 4.69) is 5.32 Å². The number of nitrogens with zero attached hydrogens (tertiary/aromatic N) is 1. The number of nitro groups is 1. The smallest absolute Gasteiger partial charge is 0.339 e. The number of hydrogen-bond acceptors (Lipinski definition) is 8. The van der Waals surface area contributed by atoms with Crippen LogP contribution < -0.4 is 10.5 Å². The van der Waals surface area contributed by atoms with Crippen LogP contribution in [0.25, 0.3) is 0 Å². The fourth-order valence-electron chi connectivity index (χ4n) is 1.87. The summed E-state index contributed by atoms with van der Waals surface area (Å²) in [7, 11) is -3.94. The number of ether oxygens (including phenoxy) is 1. The number of rotatable bonds is 6. The van der Waals surface area contributed by atoms with Crippen LogP contribution in [0.1, 0.15) is 15.9 Å². The topological polar surface area (TPSA) is 159 Å². The van der Waals surface area contributed by atoms with Crippen molar-refractivity contribution in [1.82, 2.24) is 0 Å². The minimum atomic E-state index is -3.94. The van der Waals surface area contributed by atoms with Gasteiger partial charge in [-0.1, -0.05) is 6.07 Å². The van der Waals surface area contributed by atoms with Gasteiger partial charge in [0.25, 0.3) is 11.6 Å². The SMILES string of the molecule is Cc1ccc(NC(=O)COC(=O)c2csc(S(N)(=O)=O)c2)c([N+](=O)[O-])c1. The lowest BCUT2D eigenvalue weighted by atomic mass is 10.2. The second-order valence-electron chi connectivity index (χ2n) is 5.10. The molecule has 138 valence electrons. The first-order valence-corrected chi connectivity index (χ1v) is 9.34. The van der Waals surface area contributed by atoms with Crippen molar-refractivity contribution in [1.29, 1.82) is 0 Å². The van der Waals surface area contributed by atoms with Gasteiger partial charge in [0.05, 0.1) is 10.5 Å². The van der Waals surface area contributed by atoms with Gasteiger partial charge < -0.3 is 10.1 Å². The van der Waals surface area contributed by atoms with Crippen molar-refractivity contribution in [3.05, 3.63) is 50.9 Å². The Morgan fingerprint density at radius 1 is 1.35 bits per heavy atom. The van der Waals surface area contributed by atoms with Gasteiger partial charge in [-0.05, 0) is 24.6 Å². The molecule has 2 rings (SSSR count). The first-order valence-electron chi connectivity index (χ1n) is 6.91. The highest BCUT2D eigenvalue weighted by atomic mass is 32.2. The fourth-order valence-corrected chi connectivity index (χ4v) is 3.45. The molecular formula is C14H13N3O7S2. The maximum absolute atomic E-state index is 11.8. The molecule has 0 saturated carbocycles. The van der Waals surface area contributed by atoms with Gasteiger partial charge in [0.2, 0.25) is 10.0 Å². The molecule has 0 unspecified atom stereocenters. The fraction of sp³-hybridized carbons (Fsp3) is 0.143. The van der Waals surface area contributed by atoms with Crippen molar-refractivity contribution in [3.63, 3.8) is 0 Å². The second kappa shape index (κ2) is 7.59. The second-order valence-corrected chi connectivity index (χ2v) is 7.80. The molecule has 0 radical (unpaired) electrons. The number of thiophene rings is 1. The highest BCUT2D eigenvalue weighted by molar-refractivity contribution is 7.91. The number of hydrogen-bond donors (Lipinski definition) is 2. The van der Waals surface area contributed by atoms with E-state index in [0.29, 0.717) is 5.56 Å². The molecule has 0 atom stereocenters. The normalized spacial score (nSPS) is 11.0. The lowest BCUT2D eigenvalue weighted by Crippen LogP contribution is -2.21. The number of aryl methyl sites for hydroxylation is 1. The van der Waals surface area contributed by atoms with Crippen LogP contribution in [0.15, 0.2) is 33.9 Å². The lowest BCUT2D eigenvalue weighted by Gasteiger charge is -2.07. The third kappa shape index (κ3) is 4.84. The number of carbonyl (C=O) groups excluding carboxylic acids is 2. The predicted molar refractivity (Wildman–Crippen MR) is 92.4 cm³/mol. The van der Waals surface area contributed by atoms with Gasteiger partial charge in [0.15, 0.2) is 6.61 Å². The summed E-state index contributed by atoms with van der Waals surface area (Å²) in [6, 6.07) is 5.27. The number of nitrogens with one attached hydrogen (secondary N) is 1. The zero-order chi connectivity index (χ0) is 19.5. The number of benzene rings is 1. The lowest BCUT2D eigenvalue weighted by molar-refractivity contribution is -0.384. The molecule has 0 aliphatic rings. The average molecular weight is 399 g/mol. The van der Waals surface area contributed by atoms with Gasteiger partial charge in [0.1, 0.15) is 9.90 Å². The predicted octanol–water partition coefficient (Wildman–Crippen LogP) is 1.41. The number of carbonyl (C=O) groups is 2. The number of esters is 1. The van der Waals surface area contributed by atoms with Crippen LogP contribution in [0.2, 0.25) is 0 Å². The average Bonchev–Trinajstić information content (AvgIpc) is 3.04. The van der Waals surface area contributed by atoms with Crippen LogP contribution in [0, 0.1) is 17.0 Å². The highest BCUT2D eigenvalue weighted by Crippen LogP contribution is 2.25. The van der Waals surface area contributed by atoms with E-state index < -0.39 is 33.4 Å². The Bertz CT molecular complexity index is 982. The molecule has 2 aromatic rings. The number of sulfonamides is 1. The minimum absolute atomic E-state index is 0.0336. The summed E-state index contributed by atoms with van der Waals surface area (Å²) in [5.41, 5.74) is 0.242. The van der Waals surface area contributed by atoms with E-state index in [0.717, 1.165) is 17.4 Å². The van der Waals surface area contributed by atoms with Gasteiger partial charge >= 0.3 is 5.97 Å². The van der Waals surface area contributed by atoms with Gasteiger partial charge in [-0.2, -0.15) is 0 Å². The summed E-state index contributed by atoms with van der Waals surface area (Å²) in [5.74, 6) is -1.71. The Morgan fingerprint density at radius 2 is 2.04 bits per heavy atom. The van der Waals surface area contributed by atoms with E-state index in [1.807, 2.05) is 0 Å². The van der Waals surface area contributed by atoms with Crippen LogP contribution in [0.3, 0.4) is 0 Å². The maximum Gasteiger partial charge on any atom is 0.339 e. The molecule has 0 aliphatic heterocycles. The summed E-state index contributed by atoms with van der Waals surface area (Å²) < 4.78 is 26.9. The Kier molecular flexibility index (Phi) is 5.69. The van der Waals surface area contributed by atoms with Crippen molar-refractivity contribution in [3.8, 4) is 0 Å². The van der Waals surface area contributed by atoms with Gasteiger partial charge in [-0.3, -0.25) is 14.9 Å². The van der Waals surface area contributed by atoms with Crippen LogP contribution in [0.4, 0.5) is 11.4 Å². The quantitative estimate of drug-likeness (QED) is 0.422. The molecule has 3 N–H and O–H groups in total. The summed E-state index contributed by atoms with van der Waals surface area (Å²) in [4.78, 5) is 34.0. The maximum atomic E-state index is 11.8. The first-order chi connectivity index (χ1) is 12.1. The highest BCUT2D eigenvalue weighted by Gasteiger charge is 2.19. The molecule has 0 fully saturated rings. The van der Waals surface area contributed by atoms with Crippen molar-refractivity contribution < 1.29 is 27.7 Å². The van der Waals surface area contributed by atoms with Crippen LogP contribution in [-0.4, -0.2) is 31.8 Å². The molecule has 1 aromatic carbocycles. The van der Waals surface area contributed by atoms with E-state index in [1.54, 1.807) is 13.0 Å². The largest absolute Gasteiger partial charge is 0.452 e. The third-order valence-corrected chi connectivity index (χ3v) is 5.44. The van der Waals surface area contributed by atoms with E-state index >= 15 is 0 Å².